The number of hydrogen-bond donors (Lipinski definition) is 4. The third kappa shape index (κ3) is 3.69. The molecule has 0 aliphatic carbocycles. The third-order valence-corrected chi connectivity index (χ3v) is 4.70. The van der Waals surface area contributed by atoms with Gasteiger partial charge < -0.3 is 15.9 Å². The number of hydrogen-bond acceptors (Lipinski definition) is 5. The Hall–Kier alpha value is -1.15. The Kier molecular flexibility index (Phi) is 5.94. The molecule has 0 bridgehead atoms. The van der Waals surface area contributed by atoms with Crippen LogP contribution >= 0.6 is 0 Å². The smallest absolute Gasteiger partial charge is 0.241 e. The Morgan fingerprint density at radius 2 is 1.80 bits per heavy atom. The lowest BCUT2D eigenvalue weighted by Crippen LogP contribution is -2.40. The second-order valence-electron chi connectivity index (χ2n) is 4.55. The van der Waals surface area contributed by atoms with E-state index >= 15 is 0 Å². The van der Waals surface area contributed by atoms with Crippen LogP contribution in [0.5, 0.6) is 0 Å². The number of anilines is 1. The molecule has 0 saturated heterocycles. The van der Waals surface area contributed by atoms with Crippen molar-refractivity contribution in [3.8, 4) is 0 Å². The van der Waals surface area contributed by atoms with Crippen LogP contribution in [-0.2, 0) is 22.9 Å². The van der Waals surface area contributed by atoms with Crippen LogP contribution in [0.2, 0.25) is 0 Å². The van der Waals surface area contributed by atoms with Gasteiger partial charge in [-0.25, -0.2) is 13.1 Å². The molecule has 0 aromatic heterocycles. The molecule has 0 atom stereocenters. The molecule has 6 nitrogen and oxygen atoms in total. The van der Waals surface area contributed by atoms with Crippen LogP contribution < -0.4 is 10.5 Å². The van der Waals surface area contributed by atoms with Gasteiger partial charge in [-0.2, -0.15) is 0 Å². The first-order valence-corrected chi connectivity index (χ1v) is 8.03. The molecule has 0 amide bonds. The molecular weight excluding hydrogens is 280 g/mol. The predicted octanol–water partition coefficient (Wildman–Crippen LogP) is 0.0251. The number of aliphatic hydroxyl groups is 2. The van der Waals surface area contributed by atoms with E-state index in [1.54, 1.807) is 12.1 Å². The minimum atomic E-state index is -3.83. The van der Waals surface area contributed by atoms with E-state index in [0.29, 0.717) is 24.1 Å². The molecule has 0 saturated carbocycles. The lowest BCUT2D eigenvalue weighted by molar-refractivity contribution is 0.185. The van der Waals surface area contributed by atoms with E-state index in [-0.39, 0.29) is 4.90 Å². The summed E-state index contributed by atoms with van der Waals surface area (Å²) in [5.74, 6) is 0. The van der Waals surface area contributed by atoms with Crippen LogP contribution in [0.15, 0.2) is 17.0 Å². The van der Waals surface area contributed by atoms with Gasteiger partial charge in [-0.1, -0.05) is 13.8 Å². The van der Waals surface area contributed by atoms with Crippen molar-refractivity contribution in [1.82, 2.24) is 4.72 Å². The first-order chi connectivity index (χ1) is 9.39. The Morgan fingerprint density at radius 3 is 2.25 bits per heavy atom. The lowest BCUT2D eigenvalue weighted by atomic mass is 10.1. The summed E-state index contributed by atoms with van der Waals surface area (Å²) < 4.78 is 27.0. The maximum atomic E-state index is 12.4. The first-order valence-electron chi connectivity index (χ1n) is 6.54. The van der Waals surface area contributed by atoms with Crippen molar-refractivity contribution >= 4 is 15.7 Å². The highest BCUT2D eigenvalue weighted by Gasteiger charge is 2.23. The van der Waals surface area contributed by atoms with Crippen LogP contribution in [0, 0.1) is 0 Å². The van der Waals surface area contributed by atoms with E-state index < -0.39 is 29.3 Å². The molecule has 0 spiro atoms. The highest BCUT2D eigenvalue weighted by molar-refractivity contribution is 7.89. The molecule has 20 heavy (non-hydrogen) atoms. The minimum Gasteiger partial charge on any atom is -0.398 e. The van der Waals surface area contributed by atoms with Gasteiger partial charge in [-0.3, -0.25) is 0 Å². The molecule has 114 valence electrons. The molecule has 0 aliphatic rings. The highest BCUT2D eigenvalue weighted by atomic mass is 32.2. The average molecular weight is 302 g/mol. The summed E-state index contributed by atoms with van der Waals surface area (Å²) in [7, 11) is -3.83. The van der Waals surface area contributed by atoms with E-state index in [0.717, 1.165) is 5.56 Å². The number of rotatable bonds is 7. The third-order valence-electron chi connectivity index (χ3n) is 3.12. The van der Waals surface area contributed by atoms with Crippen LogP contribution in [0.3, 0.4) is 0 Å². The van der Waals surface area contributed by atoms with Crippen molar-refractivity contribution < 1.29 is 18.6 Å². The molecule has 1 rings (SSSR count). The zero-order valence-electron chi connectivity index (χ0n) is 11.8. The van der Waals surface area contributed by atoms with Gasteiger partial charge in [0.2, 0.25) is 10.0 Å². The summed E-state index contributed by atoms with van der Waals surface area (Å²) in [6, 6.07) is 2.44. The molecule has 7 heteroatoms. The summed E-state index contributed by atoms with van der Waals surface area (Å²) in [5.41, 5.74) is 7.72. The van der Waals surface area contributed by atoms with Gasteiger partial charge in [-0.05, 0) is 36.1 Å². The summed E-state index contributed by atoms with van der Waals surface area (Å²) in [5, 5.41) is 18.0. The fraction of sp³-hybridized carbons (Fsp3) is 0.538. The van der Waals surface area contributed by atoms with Gasteiger partial charge in [0, 0.05) is 5.69 Å². The summed E-state index contributed by atoms with van der Waals surface area (Å²) >= 11 is 0. The zero-order chi connectivity index (χ0) is 15.3. The molecule has 0 heterocycles. The first kappa shape index (κ1) is 16.9. The van der Waals surface area contributed by atoms with Crippen molar-refractivity contribution in [2.75, 3.05) is 18.9 Å². The van der Waals surface area contributed by atoms with E-state index in [9.17, 15) is 8.42 Å². The fourth-order valence-electron chi connectivity index (χ4n) is 1.96. The number of nitrogen functional groups attached to an aromatic ring is 1. The number of aliphatic hydroxyl groups excluding tert-OH is 2. The molecule has 0 aliphatic heterocycles. The van der Waals surface area contributed by atoms with Crippen LogP contribution in [0.25, 0.3) is 0 Å². The second-order valence-corrected chi connectivity index (χ2v) is 6.23. The monoisotopic (exact) mass is 302 g/mol. The van der Waals surface area contributed by atoms with Crippen LogP contribution in [0.4, 0.5) is 5.69 Å². The van der Waals surface area contributed by atoms with Gasteiger partial charge in [0.15, 0.2) is 0 Å². The molecule has 1 aromatic carbocycles. The molecular formula is C13H22N2O4S. The van der Waals surface area contributed by atoms with Crippen LogP contribution in [0.1, 0.15) is 25.0 Å². The molecule has 5 N–H and O–H groups in total. The number of nitrogens with two attached hydrogens (primary N) is 1. The second kappa shape index (κ2) is 7.03. The molecule has 0 fully saturated rings. The zero-order valence-corrected chi connectivity index (χ0v) is 12.6. The van der Waals surface area contributed by atoms with Crippen molar-refractivity contribution in [3.05, 3.63) is 23.3 Å². The number of sulfonamides is 1. The van der Waals surface area contributed by atoms with E-state index in [4.69, 9.17) is 15.9 Å². The average Bonchev–Trinajstić information content (AvgIpc) is 2.43. The summed E-state index contributed by atoms with van der Waals surface area (Å²) in [6.07, 6.45) is 1.15. The summed E-state index contributed by atoms with van der Waals surface area (Å²) in [4.78, 5) is 0.115. The van der Waals surface area contributed by atoms with Crippen LogP contribution in [-0.4, -0.2) is 37.9 Å². The van der Waals surface area contributed by atoms with E-state index in [2.05, 4.69) is 4.72 Å². The van der Waals surface area contributed by atoms with Gasteiger partial charge in [0.25, 0.3) is 0 Å². The van der Waals surface area contributed by atoms with E-state index in [1.807, 2.05) is 13.8 Å². The predicted molar refractivity (Wildman–Crippen MR) is 77.9 cm³/mol. The van der Waals surface area contributed by atoms with Crippen molar-refractivity contribution in [2.24, 2.45) is 0 Å². The van der Waals surface area contributed by atoms with Gasteiger partial charge >= 0.3 is 0 Å². The van der Waals surface area contributed by atoms with Gasteiger partial charge in [0.05, 0.1) is 24.2 Å². The Morgan fingerprint density at radius 1 is 1.20 bits per heavy atom. The van der Waals surface area contributed by atoms with Gasteiger partial charge in [0.1, 0.15) is 0 Å². The van der Waals surface area contributed by atoms with Crippen molar-refractivity contribution in [2.45, 2.75) is 37.6 Å². The topological polar surface area (TPSA) is 113 Å². The van der Waals surface area contributed by atoms with Crippen molar-refractivity contribution in [3.63, 3.8) is 0 Å². The fourth-order valence-corrected chi connectivity index (χ4v) is 3.57. The number of benzene rings is 1. The lowest BCUT2D eigenvalue weighted by Gasteiger charge is -2.17. The Balaban J connectivity index is 3.32. The quantitative estimate of drug-likeness (QED) is 0.531. The maximum Gasteiger partial charge on any atom is 0.241 e. The largest absolute Gasteiger partial charge is 0.398 e. The Labute approximate surface area is 119 Å². The SMILES string of the molecule is CCc1cc(N)c(CC)c(S(=O)(=O)NC(CO)CO)c1. The maximum absolute atomic E-state index is 12.4. The normalized spacial score (nSPS) is 12.1. The molecule has 0 unspecified atom stereocenters. The highest BCUT2D eigenvalue weighted by Crippen LogP contribution is 2.25. The van der Waals surface area contributed by atoms with E-state index in [1.165, 1.54) is 0 Å². The summed E-state index contributed by atoms with van der Waals surface area (Å²) in [6.45, 7) is 2.79. The number of nitrogens with one attached hydrogen (secondary N) is 1. The van der Waals surface area contributed by atoms with Gasteiger partial charge in [-0.15, -0.1) is 0 Å². The minimum absolute atomic E-state index is 0.115. The number of aryl methyl sites for hydroxylation is 1. The molecule has 0 radical (unpaired) electrons. The van der Waals surface area contributed by atoms with Crippen molar-refractivity contribution in [1.29, 1.82) is 0 Å². The molecule has 1 aromatic rings. The standard InChI is InChI=1S/C13H22N2O4S/c1-3-9-5-12(14)11(4-2)13(6-9)20(18,19)15-10(7-16)8-17/h5-6,10,15-17H,3-4,7-8,14H2,1-2H3. The Bertz CT molecular complexity index is 554.